The summed E-state index contributed by atoms with van der Waals surface area (Å²) in [5.74, 6) is 0.991. The zero-order chi connectivity index (χ0) is 14.8. The Bertz CT molecular complexity index is 746. The Morgan fingerprint density at radius 1 is 1.14 bits per heavy atom. The molecule has 1 aromatic heterocycles. The minimum Gasteiger partial charge on any atom is -0.399 e. The number of hydrogen-bond acceptors (Lipinski definition) is 3. The molecule has 4 nitrogen and oxygen atoms in total. The third-order valence-electron chi connectivity index (χ3n) is 3.73. The van der Waals surface area contributed by atoms with Gasteiger partial charge in [0.05, 0.1) is 23.7 Å². The molecular formula is C17H19N3O. The van der Waals surface area contributed by atoms with E-state index in [2.05, 4.69) is 16.5 Å². The lowest BCUT2D eigenvalue weighted by molar-refractivity contribution is 0.157. The SMILES string of the molecule is CCc1nc2ccccc2n1CC(O)c1ccc(N)cc1. The topological polar surface area (TPSA) is 64.1 Å². The number of anilines is 1. The monoisotopic (exact) mass is 281 g/mol. The summed E-state index contributed by atoms with van der Waals surface area (Å²) in [4.78, 5) is 4.62. The third kappa shape index (κ3) is 2.62. The fourth-order valence-corrected chi connectivity index (χ4v) is 2.60. The summed E-state index contributed by atoms with van der Waals surface area (Å²) in [6.07, 6.45) is 0.261. The molecule has 0 spiro atoms. The van der Waals surface area contributed by atoms with Gasteiger partial charge in [-0.15, -0.1) is 0 Å². The van der Waals surface area contributed by atoms with Crippen LogP contribution in [0.5, 0.6) is 0 Å². The van der Waals surface area contributed by atoms with E-state index in [1.807, 2.05) is 48.5 Å². The summed E-state index contributed by atoms with van der Waals surface area (Å²) < 4.78 is 2.09. The number of imidazole rings is 1. The van der Waals surface area contributed by atoms with Gasteiger partial charge in [0, 0.05) is 12.1 Å². The minimum absolute atomic E-state index is 0.494. The number of aryl methyl sites for hydroxylation is 1. The van der Waals surface area contributed by atoms with Crippen molar-refractivity contribution < 1.29 is 5.11 Å². The van der Waals surface area contributed by atoms with Gasteiger partial charge in [0.1, 0.15) is 5.82 Å². The molecule has 108 valence electrons. The Kier molecular flexibility index (Phi) is 3.62. The average molecular weight is 281 g/mol. The van der Waals surface area contributed by atoms with Crippen molar-refractivity contribution in [1.29, 1.82) is 0 Å². The van der Waals surface area contributed by atoms with Gasteiger partial charge in [-0.3, -0.25) is 0 Å². The Morgan fingerprint density at radius 2 is 1.86 bits per heavy atom. The second-order valence-electron chi connectivity index (χ2n) is 5.16. The van der Waals surface area contributed by atoms with Gasteiger partial charge < -0.3 is 15.4 Å². The molecule has 0 radical (unpaired) electrons. The first-order valence-corrected chi connectivity index (χ1v) is 7.16. The van der Waals surface area contributed by atoms with Crippen molar-refractivity contribution in [2.24, 2.45) is 0 Å². The molecule has 1 atom stereocenters. The molecule has 0 fully saturated rings. The van der Waals surface area contributed by atoms with Crippen LogP contribution in [0.1, 0.15) is 24.4 Å². The van der Waals surface area contributed by atoms with E-state index in [4.69, 9.17) is 5.73 Å². The van der Waals surface area contributed by atoms with Crippen molar-refractivity contribution in [2.75, 3.05) is 5.73 Å². The van der Waals surface area contributed by atoms with E-state index >= 15 is 0 Å². The number of nitrogens with zero attached hydrogens (tertiary/aromatic N) is 2. The quantitative estimate of drug-likeness (QED) is 0.723. The Labute approximate surface area is 123 Å². The molecule has 0 aliphatic rings. The smallest absolute Gasteiger partial charge is 0.109 e. The Balaban J connectivity index is 1.95. The number of rotatable bonds is 4. The Morgan fingerprint density at radius 3 is 2.57 bits per heavy atom. The second kappa shape index (κ2) is 5.58. The molecule has 1 heterocycles. The molecule has 4 heteroatoms. The summed E-state index contributed by atoms with van der Waals surface area (Å²) >= 11 is 0. The molecule has 0 amide bonds. The highest BCUT2D eigenvalue weighted by atomic mass is 16.3. The van der Waals surface area contributed by atoms with Crippen LogP contribution in [0.2, 0.25) is 0 Å². The number of aromatic nitrogens is 2. The fraction of sp³-hybridized carbons (Fsp3) is 0.235. The zero-order valence-electron chi connectivity index (χ0n) is 12.0. The summed E-state index contributed by atoms with van der Waals surface area (Å²) in [6.45, 7) is 2.57. The number of hydrogen-bond donors (Lipinski definition) is 2. The molecule has 1 unspecified atom stereocenters. The highest BCUT2D eigenvalue weighted by Gasteiger charge is 2.14. The summed E-state index contributed by atoms with van der Waals surface area (Å²) in [7, 11) is 0. The number of nitrogen functional groups attached to an aromatic ring is 1. The molecule has 3 aromatic rings. The molecule has 0 bridgehead atoms. The number of fused-ring (bicyclic) bond motifs is 1. The molecule has 3 rings (SSSR count). The standard InChI is InChI=1S/C17H19N3O/c1-2-17-19-14-5-3-4-6-15(14)20(17)11-16(21)12-7-9-13(18)10-8-12/h3-10,16,21H,2,11,18H2,1H3. The lowest BCUT2D eigenvalue weighted by Crippen LogP contribution is -2.11. The molecule has 2 aromatic carbocycles. The van der Waals surface area contributed by atoms with E-state index < -0.39 is 6.10 Å². The van der Waals surface area contributed by atoms with Gasteiger partial charge >= 0.3 is 0 Å². The highest BCUT2D eigenvalue weighted by molar-refractivity contribution is 5.75. The van der Waals surface area contributed by atoms with E-state index in [0.29, 0.717) is 12.2 Å². The largest absolute Gasteiger partial charge is 0.399 e. The first-order valence-electron chi connectivity index (χ1n) is 7.16. The summed E-state index contributed by atoms with van der Waals surface area (Å²) in [5.41, 5.74) is 9.28. The number of aliphatic hydroxyl groups excluding tert-OH is 1. The zero-order valence-corrected chi connectivity index (χ0v) is 12.0. The molecule has 3 N–H and O–H groups in total. The fourth-order valence-electron chi connectivity index (χ4n) is 2.60. The predicted molar refractivity (Wildman–Crippen MR) is 84.9 cm³/mol. The normalized spacial score (nSPS) is 12.7. The second-order valence-corrected chi connectivity index (χ2v) is 5.16. The van der Waals surface area contributed by atoms with Gasteiger partial charge in [-0.1, -0.05) is 31.2 Å². The lowest BCUT2D eigenvalue weighted by Gasteiger charge is -2.15. The van der Waals surface area contributed by atoms with Crippen LogP contribution in [-0.4, -0.2) is 14.7 Å². The maximum absolute atomic E-state index is 10.5. The molecule has 0 saturated heterocycles. The van der Waals surface area contributed by atoms with Gasteiger partial charge in [0.15, 0.2) is 0 Å². The van der Waals surface area contributed by atoms with E-state index in [-0.39, 0.29) is 0 Å². The van der Waals surface area contributed by atoms with Gasteiger partial charge in [-0.05, 0) is 29.8 Å². The molecule has 0 aliphatic carbocycles. The van der Waals surface area contributed by atoms with E-state index in [9.17, 15) is 5.11 Å². The molecule has 0 aliphatic heterocycles. The van der Waals surface area contributed by atoms with Crippen LogP contribution in [-0.2, 0) is 13.0 Å². The van der Waals surface area contributed by atoms with Crippen LogP contribution < -0.4 is 5.73 Å². The highest BCUT2D eigenvalue weighted by Crippen LogP contribution is 2.22. The van der Waals surface area contributed by atoms with Crippen LogP contribution in [0, 0.1) is 0 Å². The van der Waals surface area contributed by atoms with Gasteiger partial charge in [-0.2, -0.15) is 0 Å². The molecule has 21 heavy (non-hydrogen) atoms. The predicted octanol–water partition coefficient (Wildman–Crippen LogP) is 2.91. The Hall–Kier alpha value is -2.33. The van der Waals surface area contributed by atoms with Crippen molar-refractivity contribution in [3.8, 4) is 0 Å². The van der Waals surface area contributed by atoms with Crippen molar-refractivity contribution >= 4 is 16.7 Å². The van der Waals surface area contributed by atoms with Crippen LogP contribution in [0.3, 0.4) is 0 Å². The van der Waals surface area contributed by atoms with Crippen molar-refractivity contribution in [1.82, 2.24) is 9.55 Å². The van der Waals surface area contributed by atoms with Crippen molar-refractivity contribution in [2.45, 2.75) is 26.0 Å². The van der Waals surface area contributed by atoms with Gasteiger partial charge in [0.2, 0.25) is 0 Å². The summed E-state index contributed by atoms with van der Waals surface area (Å²) in [5, 5.41) is 10.5. The van der Waals surface area contributed by atoms with Crippen molar-refractivity contribution in [3.05, 3.63) is 59.9 Å². The average Bonchev–Trinajstić information content (AvgIpc) is 2.86. The van der Waals surface area contributed by atoms with Crippen LogP contribution in [0.25, 0.3) is 11.0 Å². The molecular weight excluding hydrogens is 262 g/mol. The summed E-state index contributed by atoms with van der Waals surface area (Å²) in [6, 6.07) is 15.4. The van der Waals surface area contributed by atoms with Crippen LogP contribution >= 0.6 is 0 Å². The maximum Gasteiger partial charge on any atom is 0.109 e. The number of nitrogens with two attached hydrogens (primary N) is 1. The minimum atomic E-state index is -0.575. The number of para-hydroxylation sites is 2. The van der Waals surface area contributed by atoms with Gasteiger partial charge in [-0.25, -0.2) is 4.98 Å². The number of benzene rings is 2. The first kappa shape index (κ1) is 13.6. The van der Waals surface area contributed by atoms with Crippen molar-refractivity contribution in [3.63, 3.8) is 0 Å². The van der Waals surface area contributed by atoms with E-state index in [0.717, 1.165) is 28.8 Å². The van der Waals surface area contributed by atoms with Crippen LogP contribution in [0.15, 0.2) is 48.5 Å². The lowest BCUT2D eigenvalue weighted by atomic mass is 10.1. The van der Waals surface area contributed by atoms with E-state index in [1.54, 1.807) is 0 Å². The molecule has 0 saturated carbocycles. The first-order chi connectivity index (χ1) is 10.2. The third-order valence-corrected chi connectivity index (χ3v) is 3.73. The van der Waals surface area contributed by atoms with E-state index in [1.165, 1.54) is 0 Å². The van der Waals surface area contributed by atoms with Gasteiger partial charge in [0.25, 0.3) is 0 Å². The van der Waals surface area contributed by atoms with Crippen LogP contribution in [0.4, 0.5) is 5.69 Å². The maximum atomic E-state index is 10.5. The number of aliphatic hydroxyl groups is 1.